The number of rotatable bonds is 5. The lowest BCUT2D eigenvalue weighted by molar-refractivity contribution is 0.240. The molecule has 0 aromatic carbocycles. The molecule has 0 fully saturated rings. The molecular formula is C15H19N3O2S. The molecule has 5 nitrogen and oxygen atoms in total. The van der Waals surface area contributed by atoms with Crippen molar-refractivity contribution in [3.8, 4) is 5.88 Å². The molecule has 2 N–H and O–H groups in total. The van der Waals surface area contributed by atoms with Crippen LogP contribution in [0.4, 0.5) is 4.79 Å². The fourth-order valence-corrected chi connectivity index (χ4v) is 2.67. The molecule has 112 valence electrons. The maximum atomic E-state index is 11.8. The van der Waals surface area contributed by atoms with E-state index in [2.05, 4.69) is 15.6 Å². The number of urea groups is 1. The Balaban J connectivity index is 1.92. The number of carbonyl (C=O) groups is 1. The van der Waals surface area contributed by atoms with Crippen LogP contribution < -0.4 is 15.4 Å². The van der Waals surface area contributed by atoms with E-state index in [4.69, 9.17) is 4.74 Å². The fourth-order valence-electron chi connectivity index (χ4n) is 2.02. The van der Waals surface area contributed by atoms with Crippen LogP contribution in [0.5, 0.6) is 5.88 Å². The number of hydrogen-bond donors (Lipinski definition) is 2. The number of thiophene rings is 1. The van der Waals surface area contributed by atoms with Gasteiger partial charge in [0.15, 0.2) is 0 Å². The van der Waals surface area contributed by atoms with E-state index in [-0.39, 0.29) is 6.03 Å². The van der Waals surface area contributed by atoms with E-state index in [1.54, 1.807) is 18.4 Å². The van der Waals surface area contributed by atoms with Crippen molar-refractivity contribution in [2.75, 3.05) is 7.11 Å². The van der Waals surface area contributed by atoms with Gasteiger partial charge in [0.2, 0.25) is 5.88 Å². The van der Waals surface area contributed by atoms with Crippen LogP contribution in [0.2, 0.25) is 0 Å². The Kier molecular flexibility index (Phi) is 5.16. The number of amides is 2. The van der Waals surface area contributed by atoms with E-state index in [0.717, 1.165) is 21.7 Å². The van der Waals surface area contributed by atoms with Gasteiger partial charge in [-0.05, 0) is 36.9 Å². The minimum absolute atomic E-state index is 0.203. The van der Waals surface area contributed by atoms with Crippen molar-refractivity contribution < 1.29 is 9.53 Å². The number of pyridine rings is 1. The minimum Gasteiger partial charge on any atom is -0.481 e. The zero-order valence-electron chi connectivity index (χ0n) is 12.4. The third kappa shape index (κ3) is 4.19. The molecular weight excluding hydrogens is 286 g/mol. The molecule has 2 amide bonds. The predicted octanol–water partition coefficient (Wildman–Crippen LogP) is 2.77. The average Bonchev–Trinajstić information content (AvgIpc) is 2.96. The summed E-state index contributed by atoms with van der Waals surface area (Å²) in [6, 6.07) is 5.72. The number of aryl methyl sites for hydroxylation is 2. The molecule has 21 heavy (non-hydrogen) atoms. The molecule has 0 unspecified atom stereocenters. The second-order valence-electron chi connectivity index (χ2n) is 4.68. The number of carbonyl (C=O) groups excluding carboxylic acids is 1. The number of ether oxygens (including phenoxy) is 1. The van der Waals surface area contributed by atoms with Gasteiger partial charge in [0.05, 0.1) is 20.2 Å². The van der Waals surface area contributed by atoms with Crippen molar-refractivity contribution in [1.29, 1.82) is 0 Å². The van der Waals surface area contributed by atoms with Crippen LogP contribution in [0.25, 0.3) is 0 Å². The molecule has 0 bridgehead atoms. The van der Waals surface area contributed by atoms with E-state index in [9.17, 15) is 4.79 Å². The number of hydrogen-bond acceptors (Lipinski definition) is 4. The largest absolute Gasteiger partial charge is 0.481 e. The van der Waals surface area contributed by atoms with Crippen LogP contribution in [0.3, 0.4) is 0 Å². The molecule has 6 heteroatoms. The Hall–Kier alpha value is -2.08. The van der Waals surface area contributed by atoms with E-state index in [0.29, 0.717) is 19.0 Å². The van der Waals surface area contributed by atoms with Gasteiger partial charge in [0, 0.05) is 16.1 Å². The molecule has 2 rings (SSSR count). The Labute approximate surface area is 128 Å². The van der Waals surface area contributed by atoms with Gasteiger partial charge in [-0.25, -0.2) is 9.78 Å². The maximum Gasteiger partial charge on any atom is 0.315 e. The number of nitrogens with zero attached hydrogens (tertiary/aromatic N) is 1. The van der Waals surface area contributed by atoms with Gasteiger partial charge in [-0.2, -0.15) is 0 Å². The molecule has 0 radical (unpaired) electrons. The number of methoxy groups -OCH3 is 1. The first kappa shape index (κ1) is 15.3. The highest BCUT2D eigenvalue weighted by atomic mass is 32.1. The first-order valence-corrected chi connectivity index (χ1v) is 7.53. The second kappa shape index (κ2) is 7.08. The van der Waals surface area contributed by atoms with Gasteiger partial charge in [0.25, 0.3) is 0 Å². The summed E-state index contributed by atoms with van der Waals surface area (Å²) in [5.41, 5.74) is 2.85. The Morgan fingerprint density at radius 3 is 2.76 bits per heavy atom. The monoisotopic (exact) mass is 305 g/mol. The highest BCUT2D eigenvalue weighted by molar-refractivity contribution is 7.09. The Morgan fingerprint density at radius 1 is 1.33 bits per heavy atom. The first-order chi connectivity index (χ1) is 10.1. The van der Waals surface area contributed by atoms with Crippen LogP contribution in [0.15, 0.2) is 23.6 Å². The summed E-state index contributed by atoms with van der Waals surface area (Å²) < 4.78 is 5.28. The number of nitrogens with one attached hydrogen (secondary N) is 2. The summed E-state index contributed by atoms with van der Waals surface area (Å²) in [4.78, 5) is 17.3. The maximum absolute atomic E-state index is 11.8. The quantitative estimate of drug-likeness (QED) is 0.893. The normalized spacial score (nSPS) is 10.2. The Bertz CT molecular complexity index is 612. The molecule has 0 aliphatic carbocycles. The van der Waals surface area contributed by atoms with Gasteiger partial charge in [-0.15, -0.1) is 11.3 Å². The molecule has 2 heterocycles. The lowest BCUT2D eigenvalue weighted by Crippen LogP contribution is -2.34. The smallest absolute Gasteiger partial charge is 0.315 e. The van der Waals surface area contributed by atoms with Gasteiger partial charge in [0.1, 0.15) is 0 Å². The van der Waals surface area contributed by atoms with E-state index in [1.807, 2.05) is 37.4 Å². The van der Waals surface area contributed by atoms with Crippen LogP contribution >= 0.6 is 11.3 Å². The highest BCUT2D eigenvalue weighted by Crippen LogP contribution is 2.20. The van der Waals surface area contributed by atoms with Crippen LogP contribution in [-0.2, 0) is 13.1 Å². The van der Waals surface area contributed by atoms with E-state index < -0.39 is 0 Å². The van der Waals surface area contributed by atoms with Gasteiger partial charge in [-0.3, -0.25) is 0 Å². The number of aromatic nitrogens is 1. The van der Waals surface area contributed by atoms with Crippen molar-refractivity contribution in [3.05, 3.63) is 45.3 Å². The van der Waals surface area contributed by atoms with Gasteiger partial charge >= 0.3 is 6.03 Å². The topological polar surface area (TPSA) is 63.2 Å². The fraction of sp³-hybridized carbons (Fsp3) is 0.333. The van der Waals surface area contributed by atoms with Gasteiger partial charge < -0.3 is 15.4 Å². The lowest BCUT2D eigenvalue weighted by Gasteiger charge is -2.13. The minimum atomic E-state index is -0.203. The molecule has 0 spiro atoms. The van der Waals surface area contributed by atoms with Crippen molar-refractivity contribution in [2.24, 2.45) is 0 Å². The van der Waals surface area contributed by atoms with Crippen LogP contribution in [0.1, 0.15) is 21.7 Å². The standard InChI is InChI=1S/C15H19N3O2S/c1-10-7-11(2)18-14(20-3)13(10)9-17-15(19)16-8-12-5-4-6-21-12/h4-7H,8-9H2,1-3H3,(H2,16,17,19). The molecule has 0 saturated heterocycles. The Morgan fingerprint density at radius 2 is 2.10 bits per heavy atom. The summed E-state index contributed by atoms with van der Waals surface area (Å²) in [6.45, 7) is 4.82. The summed E-state index contributed by atoms with van der Waals surface area (Å²) in [6.07, 6.45) is 0. The summed E-state index contributed by atoms with van der Waals surface area (Å²) in [5, 5.41) is 7.64. The first-order valence-electron chi connectivity index (χ1n) is 6.65. The van der Waals surface area contributed by atoms with Crippen molar-refractivity contribution in [2.45, 2.75) is 26.9 Å². The van der Waals surface area contributed by atoms with Crippen LogP contribution in [0, 0.1) is 13.8 Å². The molecule has 0 saturated carbocycles. The zero-order valence-corrected chi connectivity index (χ0v) is 13.2. The lowest BCUT2D eigenvalue weighted by atomic mass is 10.1. The van der Waals surface area contributed by atoms with Crippen molar-refractivity contribution >= 4 is 17.4 Å². The molecule has 2 aromatic heterocycles. The van der Waals surface area contributed by atoms with Gasteiger partial charge in [-0.1, -0.05) is 6.07 Å². The predicted molar refractivity (Wildman–Crippen MR) is 83.7 cm³/mol. The summed E-state index contributed by atoms with van der Waals surface area (Å²) in [7, 11) is 1.58. The molecule has 2 aromatic rings. The SMILES string of the molecule is COc1nc(C)cc(C)c1CNC(=O)NCc1cccs1. The second-order valence-corrected chi connectivity index (χ2v) is 5.72. The zero-order chi connectivity index (χ0) is 15.2. The average molecular weight is 305 g/mol. The van der Waals surface area contributed by atoms with Crippen molar-refractivity contribution in [1.82, 2.24) is 15.6 Å². The van der Waals surface area contributed by atoms with Crippen LogP contribution in [-0.4, -0.2) is 18.1 Å². The summed E-state index contributed by atoms with van der Waals surface area (Å²) >= 11 is 1.62. The van der Waals surface area contributed by atoms with E-state index in [1.165, 1.54) is 0 Å². The van der Waals surface area contributed by atoms with Crippen molar-refractivity contribution in [3.63, 3.8) is 0 Å². The third-order valence-corrected chi connectivity index (χ3v) is 3.94. The molecule has 0 aliphatic rings. The summed E-state index contributed by atoms with van der Waals surface area (Å²) in [5.74, 6) is 0.561. The molecule has 0 aliphatic heterocycles. The molecule has 0 atom stereocenters. The highest BCUT2D eigenvalue weighted by Gasteiger charge is 2.10. The third-order valence-electron chi connectivity index (χ3n) is 3.06. The van der Waals surface area contributed by atoms with E-state index >= 15 is 0 Å².